The van der Waals surface area contributed by atoms with Crippen LogP contribution in [0.2, 0.25) is 0 Å². The highest BCUT2D eigenvalue weighted by atomic mass is 32.1. The predicted octanol–water partition coefficient (Wildman–Crippen LogP) is 3.89. The van der Waals surface area contributed by atoms with Gasteiger partial charge in [0.1, 0.15) is 5.75 Å². The summed E-state index contributed by atoms with van der Waals surface area (Å²) in [6.07, 6.45) is 3.82. The van der Waals surface area contributed by atoms with E-state index in [1.54, 1.807) is 7.11 Å². The first-order valence-electron chi connectivity index (χ1n) is 8.54. The third kappa shape index (κ3) is 4.78. The fourth-order valence-electron chi connectivity index (χ4n) is 2.75. The number of nitrogens with one attached hydrogen (secondary N) is 1. The zero-order valence-electron chi connectivity index (χ0n) is 15.2. The van der Waals surface area contributed by atoms with E-state index in [2.05, 4.69) is 5.32 Å². The van der Waals surface area contributed by atoms with E-state index < -0.39 is 6.04 Å². The number of carbonyl (C=O) groups is 1. The Labute approximate surface area is 168 Å². The number of Topliss-reactive ketones (excluding diaryl/α,β-unsaturated/α-hetero) is 1. The van der Waals surface area contributed by atoms with Crippen LogP contribution < -0.4 is 14.6 Å². The maximum atomic E-state index is 13.1. The summed E-state index contributed by atoms with van der Waals surface area (Å²) in [7, 11) is 1.64. The predicted molar refractivity (Wildman–Crippen MR) is 111 cm³/mol. The minimum absolute atomic E-state index is 0.00664. The van der Waals surface area contributed by atoms with Gasteiger partial charge in [-0.25, -0.2) is 0 Å². The number of carbonyl (C=O) groups excluding carboxylic acids is 1. The van der Waals surface area contributed by atoms with Crippen molar-refractivity contribution in [1.29, 1.82) is 0 Å². The summed E-state index contributed by atoms with van der Waals surface area (Å²) >= 11 is 7.06. The van der Waals surface area contributed by atoms with E-state index >= 15 is 0 Å². The second kappa shape index (κ2) is 8.88. The van der Waals surface area contributed by atoms with Gasteiger partial charge in [-0.1, -0.05) is 30.4 Å². The van der Waals surface area contributed by atoms with Gasteiger partial charge in [0, 0.05) is 18.2 Å². The van der Waals surface area contributed by atoms with Gasteiger partial charge >= 0.3 is 0 Å². The lowest BCUT2D eigenvalue weighted by atomic mass is 10.1. The average molecular weight is 398 g/mol. The van der Waals surface area contributed by atoms with Gasteiger partial charge in [-0.3, -0.25) is 4.79 Å². The highest BCUT2D eigenvalue weighted by molar-refractivity contribution is 7.80. The highest BCUT2D eigenvalue weighted by Crippen LogP contribution is 2.17. The van der Waals surface area contributed by atoms with Crippen molar-refractivity contribution in [2.45, 2.75) is 19.5 Å². The number of benzene rings is 1. The fourth-order valence-corrected chi connectivity index (χ4v) is 3.74. The number of thiophene rings is 1. The molecule has 2 aromatic heterocycles. The number of aromatic nitrogens is 1. The lowest BCUT2D eigenvalue weighted by Crippen LogP contribution is -2.51. The summed E-state index contributed by atoms with van der Waals surface area (Å²) in [4.78, 5) is 14.3. The van der Waals surface area contributed by atoms with Gasteiger partial charge in [-0.2, -0.15) is 4.57 Å². The smallest absolute Gasteiger partial charge is 0.271 e. The Kier molecular flexibility index (Phi) is 6.32. The molecule has 3 rings (SSSR count). The van der Waals surface area contributed by atoms with Gasteiger partial charge in [0.25, 0.3) is 6.04 Å². The average Bonchev–Trinajstić information content (AvgIpc) is 3.22. The molecule has 0 bridgehead atoms. The van der Waals surface area contributed by atoms with Gasteiger partial charge in [0.15, 0.2) is 17.4 Å². The normalized spacial score (nSPS) is 11.6. The van der Waals surface area contributed by atoms with Crippen LogP contribution in [0.5, 0.6) is 5.75 Å². The minimum Gasteiger partial charge on any atom is -0.497 e. The molecule has 0 saturated carbocycles. The zero-order valence-corrected chi connectivity index (χ0v) is 16.8. The molecule has 0 aliphatic rings. The largest absolute Gasteiger partial charge is 0.497 e. The molecule has 2 heterocycles. The number of hydrogen-bond acceptors (Lipinski definition) is 4. The molecule has 6 heteroatoms. The molecule has 0 amide bonds. The molecule has 0 spiro atoms. The highest BCUT2D eigenvalue weighted by Gasteiger charge is 2.33. The maximum absolute atomic E-state index is 13.1. The van der Waals surface area contributed by atoms with Crippen LogP contribution in [0.25, 0.3) is 0 Å². The van der Waals surface area contributed by atoms with E-state index in [0.29, 0.717) is 16.4 Å². The van der Waals surface area contributed by atoms with E-state index in [1.165, 1.54) is 11.3 Å². The molecule has 0 saturated heterocycles. The number of pyridine rings is 1. The van der Waals surface area contributed by atoms with Crippen LogP contribution in [-0.2, 0) is 6.54 Å². The maximum Gasteiger partial charge on any atom is 0.271 e. The Bertz CT molecular complexity index is 922. The van der Waals surface area contributed by atoms with Crippen molar-refractivity contribution < 1.29 is 14.1 Å². The molecule has 4 nitrogen and oxygen atoms in total. The first-order valence-corrected chi connectivity index (χ1v) is 9.83. The lowest BCUT2D eigenvalue weighted by Gasteiger charge is -2.14. The van der Waals surface area contributed by atoms with Crippen LogP contribution in [0.3, 0.4) is 0 Å². The van der Waals surface area contributed by atoms with Crippen LogP contribution >= 0.6 is 23.6 Å². The van der Waals surface area contributed by atoms with E-state index in [-0.39, 0.29) is 5.78 Å². The molecule has 27 heavy (non-hydrogen) atoms. The SMILES string of the molecule is COc1ccc(CNC(=S)[C@@H](C(=O)c2cccs2)[n+]2cccc(C)c2)cc1. The number of hydrogen-bond donors (Lipinski definition) is 1. The second-order valence-electron chi connectivity index (χ2n) is 6.14. The number of thiocarbonyl (C=S) groups is 1. The third-order valence-electron chi connectivity index (χ3n) is 4.15. The summed E-state index contributed by atoms with van der Waals surface area (Å²) < 4.78 is 7.06. The number of nitrogens with zero attached hydrogens (tertiary/aromatic N) is 1. The molecule has 1 atom stereocenters. The van der Waals surface area contributed by atoms with Gasteiger partial charge in [-0.15, -0.1) is 11.3 Å². The van der Waals surface area contributed by atoms with Gasteiger partial charge in [0.05, 0.1) is 12.0 Å². The molecule has 0 aliphatic carbocycles. The summed E-state index contributed by atoms with van der Waals surface area (Å²) in [5, 5.41) is 5.15. The topological polar surface area (TPSA) is 42.2 Å². The lowest BCUT2D eigenvalue weighted by molar-refractivity contribution is -0.692. The Hall–Kier alpha value is -2.57. The summed E-state index contributed by atoms with van der Waals surface area (Å²) in [6.45, 7) is 2.54. The molecule has 138 valence electrons. The van der Waals surface area contributed by atoms with Crippen molar-refractivity contribution in [2.75, 3.05) is 7.11 Å². The second-order valence-corrected chi connectivity index (χ2v) is 7.53. The van der Waals surface area contributed by atoms with Crippen LogP contribution in [0.1, 0.15) is 26.8 Å². The minimum atomic E-state index is -0.572. The quantitative estimate of drug-likeness (QED) is 0.373. The van der Waals surface area contributed by atoms with E-state index in [4.69, 9.17) is 17.0 Å². The summed E-state index contributed by atoms with van der Waals surface area (Å²) in [5.74, 6) is 0.801. The van der Waals surface area contributed by atoms with Crippen molar-refractivity contribution in [2.24, 2.45) is 0 Å². The van der Waals surface area contributed by atoms with Crippen molar-refractivity contribution in [3.8, 4) is 5.75 Å². The van der Waals surface area contributed by atoms with Gasteiger partial charge in [0.2, 0.25) is 5.78 Å². The zero-order chi connectivity index (χ0) is 19.2. The molecule has 3 aromatic rings. The Balaban J connectivity index is 1.80. The first kappa shape index (κ1) is 19.2. The number of methoxy groups -OCH3 is 1. The fraction of sp³-hybridized carbons (Fsp3) is 0.190. The molecule has 0 unspecified atom stereocenters. The van der Waals surface area contributed by atoms with Crippen LogP contribution in [0.15, 0.2) is 66.3 Å². The molecule has 0 aliphatic heterocycles. The van der Waals surface area contributed by atoms with Crippen LogP contribution in [0.4, 0.5) is 0 Å². The Morgan fingerprint density at radius 1 is 1.22 bits per heavy atom. The third-order valence-corrected chi connectivity index (χ3v) is 5.41. The van der Waals surface area contributed by atoms with Crippen LogP contribution in [0, 0.1) is 6.92 Å². The van der Waals surface area contributed by atoms with Crippen LogP contribution in [-0.4, -0.2) is 17.9 Å². The Morgan fingerprint density at radius 3 is 2.63 bits per heavy atom. The number of ether oxygens (including phenoxy) is 1. The van der Waals surface area contributed by atoms with E-state index in [0.717, 1.165) is 16.9 Å². The number of ketones is 1. The molecule has 0 fully saturated rings. The number of rotatable bonds is 7. The molecular formula is C21H21N2O2S2+. The molecule has 1 N–H and O–H groups in total. The molecule has 0 radical (unpaired) electrons. The molecule has 1 aromatic carbocycles. The van der Waals surface area contributed by atoms with Crippen molar-refractivity contribution in [3.63, 3.8) is 0 Å². The standard InChI is InChI=1S/C21H20N2O2S2/c1-15-5-3-11-23(14-15)19(20(24)18-6-4-12-27-18)21(26)22-13-16-7-9-17(25-2)10-8-16/h3-12,14,19H,13H2,1-2H3/p+1/t19-/m1/s1. The first-order chi connectivity index (χ1) is 13.1. The molecular weight excluding hydrogens is 376 g/mol. The van der Waals surface area contributed by atoms with Crippen molar-refractivity contribution >= 4 is 34.3 Å². The van der Waals surface area contributed by atoms with Gasteiger partial charge in [-0.05, 0) is 42.1 Å². The van der Waals surface area contributed by atoms with E-state index in [9.17, 15) is 4.79 Å². The van der Waals surface area contributed by atoms with Crippen molar-refractivity contribution in [1.82, 2.24) is 5.32 Å². The Morgan fingerprint density at radius 2 is 2.00 bits per heavy atom. The summed E-state index contributed by atoms with van der Waals surface area (Å²) in [6, 6.07) is 14.8. The summed E-state index contributed by atoms with van der Waals surface area (Å²) in [5.41, 5.74) is 2.13. The monoisotopic (exact) mass is 397 g/mol. The van der Waals surface area contributed by atoms with Crippen molar-refractivity contribution in [3.05, 3.63) is 82.3 Å². The van der Waals surface area contributed by atoms with E-state index in [1.807, 2.05) is 77.8 Å². The van der Waals surface area contributed by atoms with Gasteiger partial charge < -0.3 is 10.1 Å². The number of aryl methyl sites for hydroxylation is 1.